The molecule has 1 amide bonds. The standard InChI is InChI=1S/C15H21NO4/c1-12-4-3-5-13(8-12)20-14-9-16(10-14)15(17)11-19-7-6-18-2/h3-5,8,14H,6-7,9-11H2,1-2H3. The van der Waals surface area contributed by atoms with E-state index in [1.807, 2.05) is 31.2 Å². The third kappa shape index (κ3) is 4.21. The average Bonchev–Trinajstić information content (AvgIpc) is 2.38. The number of hydrogen-bond acceptors (Lipinski definition) is 4. The highest BCUT2D eigenvalue weighted by atomic mass is 16.5. The number of hydrogen-bond donors (Lipinski definition) is 0. The Morgan fingerprint density at radius 3 is 2.85 bits per heavy atom. The van der Waals surface area contributed by atoms with E-state index in [0.717, 1.165) is 5.75 Å². The molecule has 0 aliphatic carbocycles. The lowest BCUT2D eigenvalue weighted by atomic mass is 10.1. The van der Waals surface area contributed by atoms with Gasteiger partial charge in [-0.2, -0.15) is 0 Å². The fraction of sp³-hybridized carbons (Fsp3) is 0.533. The van der Waals surface area contributed by atoms with Crippen molar-refractivity contribution in [1.29, 1.82) is 0 Å². The Bertz CT molecular complexity index is 443. The molecule has 0 bridgehead atoms. The Balaban J connectivity index is 1.65. The average molecular weight is 279 g/mol. The van der Waals surface area contributed by atoms with Gasteiger partial charge in [0.15, 0.2) is 0 Å². The van der Waals surface area contributed by atoms with E-state index in [9.17, 15) is 4.79 Å². The van der Waals surface area contributed by atoms with Gasteiger partial charge in [-0.05, 0) is 24.6 Å². The Morgan fingerprint density at radius 2 is 2.15 bits per heavy atom. The molecular weight excluding hydrogens is 258 g/mol. The molecule has 5 heteroatoms. The van der Waals surface area contributed by atoms with E-state index in [-0.39, 0.29) is 18.6 Å². The van der Waals surface area contributed by atoms with Gasteiger partial charge in [-0.15, -0.1) is 0 Å². The molecule has 1 saturated heterocycles. The number of amides is 1. The van der Waals surface area contributed by atoms with Gasteiger partial charge in [0.2, 0.25) is 5.91 Å². The summed E-state index contributed by atoms with van der Waals surface area (Å²) < 4.78 is 15.9. The first-order chi connectivity index (χ1) is 9.69. The molecule has 2 rings (SSSR count). The second-order valence-corrected chi connectivity index (χ2v) is 4.90. The van der Waals surface area contributed by atoms with Crippen LogP contribution in [0.25, 0.3) is 0 Å². The molecule has 1 heterocycles. The molecule has 5 nitrogen and oxygen atoms in total. The molecule has 0 unspecified atom stereocenters. The molecule has 1 aliphatic heterocycles. The lowest BCUT2D eigenvalue weighted by Crippen LogP contribution is -2.57. The molecule has 0 atom stereocenters. The number of benzene rings is 1. The minimum absolute atomic E-state index is 0.00481. The zero-order chi connectivity index (χ0) is 14.4. The van der Waals surface area contributed by atoms with Crippen LogP contribution in [0.4, 0.5) is 0 Å². The Morgan fingerprint density at radius 1 is 1.35 bits per heavy atom. The Kier molecular flexibility index (Phi) is 5.38. The van der Waals surface area contributed by atoms with Crippen molar-refractivity contribution in [2.45, 2.75) is 13.0 Å². The van der Waals surface area contributed by atoms with Gasteiger partial charge in [-0.25, -0.2) is 0 Å². The smallest absolute Gasteiger partial charge is 0.248 e. The van der Waals surface area contributed by atoms with Crippen LogP contribution in [0.5, 0.6) is 5.75 Å². The van der Waals surface area contributed by atoms with E-state index in [1.54, 1.807) is 12.0 Å². The lowest BCUT2D eigenvalue weighted by Gasteiger charge is -2.38. The van der Waals surface area contributed by atoms with Gasteiger partial charge in [0.05, 0.1) is 26.3 Å². The summed E-state index contributed by atoms with van der Waals surface area (Å²) >= 11 is 0. The van der Waals surface area contributed by atoms with Gasteiger partial charge in [0, 0.05) is 7.11 Å². The first-order valence-corrected chi connectivity index (χ1v) is 6.77. The number of methoxy groups -OCH3 is 1. The molecule has 1 aromatic rings. The van der Waals surface area contributed by atoms with Gasteiger partial charge in [-0.1, -0.05) is 12.1 Å². The number of nitrogens with zero attached hydrogens (tertiary/aromatic N) is 1. The highest BCUT2D eigenvalue weighted by molar-refractivity contribution is 5.78. The van der Waals surface area contributed by atoms with Crippen LogP contribution in [-0.4, -0.2) is 56.9 Å². The van der Waals surface area contributed by atoms with Crippen LogP contribution < -0.4 is 4.74 Å². The summed E-state index contributed by atoms with van der Waals surface area (Å²) in [5, 5.41) is 0. The summed E-state index contributed by atoms with van der Waals surface area (Å²) in [5.74, 6) is 0.864. The summed E-state index contributed by atoms with van der Waals surface area (Å²) in [6.07, 6.45) is 0.0831. The van der Waals surface area contributed by atoms with Crippen molar-refractivity contribution in [1.82, 2.24) is 4.90 Å². The topological polar surface area (TPSA) is 48.0 Å². The maximum Gasteiger partial charge on any atom is 0.248 e. The normalized spacial score (nSPS) is 15.0. The fourth-order valence-electron chi connectivity index (χ4n) is 1.99. The number of likely N-dealkylation sites (tertiary alicyclic amines) is 1. The predicted molar refractivity (Wildman–Crippen MR) is 74.9 cm³/mol. The number of carbonyl (C=O) groups is 1. The quantitative estimate of drug-likeness (QED) is 0.705. The van der Waals surface area contributed by atoms with E-state index in [1.165, 1.54) is 5.56 Å². The molecule has 0 spiro atoms. The van der Waals surface area contributed by atoms with Gasteiger partial charge in [0.1, 0.15) is 18.5 Å². The summed E-state index contributed by atoms with van der Waals surface area (Å²) in [7, 11) is 1.61. The minimum atomic E-state index is 0.00481. The zero-order valence-corrected chi connectivity index (χ0v) is 12.0. The van der Waals surface area contributed by atoms with E-state index in [2.05, 4.69) is 0 Å². The second kappa shape index (κ2) is 7.26. The maximum absolute atomic E-state index is 11.7. The largest absolute Gasteiger partial charge is 0.487 e. The minimum Gasteiger partial charge on any atom is -0.487 e. The SMILES string of the molecule is COCCOCC(=O)N1CC(Oc2cccc(C)c2)C1. The summed E-state index contributed by atoms with van der Waals surface area (Å²) in [6.45, 7) is 4.34. The zero-order valence-electron chi connectivity index (χ0n) is 12.0. The van der Waals surface area contributed by atoms with Crippen LogP contribution in [0.1, 0.15) is 5.56 Å². The molecule has 0 aromatic heterocycles. The number of ether oxygens (including phenoxy) is 3. The lowest BCUT2D eigenvalue weighted by molar-refractivity contribution is -0.145. The van der Waals surface area contributed by atoms with Crippen molar-refractivity contribution < 1.29 is 19.0 Å². The second-order valence-electron chi connectivity index (χ2n) is 4.90. The summed E-state index contributed by atoms with van der Waals surface area (Å²) in [6, 6.07) is 7.93. The van der Waals surface area contributed by atoms with Crippen LogP contribution in [0.15, 0.2) is 24.3 Å². The summed E-state index contributed by atoms with van der Waals surface area (Å²) in [5.41, 5.74) is 1.17. The molecule has 20 heavy (non-hydrogen) atoms. The van der Waals surface area contributed by atoms with E-state index in [4.69, 9.17) is 14.2 Å². The molecule has 110 valence electrons. The van der Waals surface area contributed by atoms with Gasteiger partial charge >= 0.3 is 0 Å². The van der Waals surface area contributed by atoms with Crippen molar-refractivity contribution in [3.8, 4) is 5.75 Å². The maximum atomic E-state index is 11.7. The molecular formula is C15H21NO4. The summed E-state index contributed by atoms with van der Waals surface area (Å²) in [4.78, 5) is 13.5. The van der Waals surface area contributed by atoms with Crippen LogP contribution in [-0.2, 0) is 14.3 Å². The molecule has 1 fully saturated rings. The van der Waals surface area contributed by atoms with E-state index < -0.39 is 0 Å². The number of rotatable bonds is 7. The first-order valence-electron chi connectivity index (χ1n) is 6.77. The molecule has 1 aliphatic rings. The predicted octanol–water partition coefficient (Wildman–Crippen LogP) is 1.25. The molecule has 0 saturated carbocycles. The third-order valence-corrected chi connectivity index (χ3v) is 3.15. The van der Waals surface area contributed by atoms with Crippen LogP contribution in [0, 0.1) is 6.92 Å². The van der Waals surface area contributed by atoms with Crippen LogP contribution in [0.3, 0.4) is 0 Å². The Labute approximate surface area is 119 Å². The molecule has 0 radical (unpaired) electrons. The highest BCUT2D eigenvalue weighted by Gasteiger charge is 2.32. The van der Waals surface area contributed by atoms with Crippen molar-refractivity contribution in [2.75, 3.05) is 40.0 Å². The third-order valence-electron chi connectivity index (χ3n) is 3.15. The fourth-order valence-corrected chi connectivity index (χ4v) is 1.99. The molecule has 1 aromatic carbocycles. The first kappa shape index (κ1) is 14.8. The van der Waals surface area contributed by atoms with Crippen molar-refractivity contribution in [3.05, 3.63) is 29.8 Å². The number of carbonyl (C=O) groups excluding carboxylic acids is 1. The van der Waals surface area contributed by atoms with Gasteiger partial charge in [-0.3, -0.25) is 4.79 Å². The van der Waals surface area contributed by atoms with Crippen molar-refractivity contribution in [2.24, 2.45) is 0 Å². The highest BCUT2D eigenvalue weighted by Crippen LogP contribution is 2.19. The van der Waals surface area contributed by atoms with Crippen LogP contribution >= 0.6 is 0 Å². The van der Waals surface area contributed by atoms with Crippen molar-refractivity contribution >= 4 is 5.91 Å². The van der Waals surface area contributed by atoms with Crippen LogP contribution in [0.2, 0.25) is 0 Å². The van der Waals surface area contributed by atoms with Gasteiger partial charge < -0.3 is 19.1 Å². The monoisotopic (exact) mass is 279 g/mol. The van der Waals surface area contributed by atoms with Gasteiger partial charge in [0.25, 0.3) is 0 Å². The molecule has 0 N–H and O–H groups in total. The number of aryl methyl sites for hydroxylation is 1. The van der Waals surface area contributed by atoms with Crippen molar-refractivity contribution in [3.63, 3.8) is 0 Å². The van der Waals surface area contributed by atoms with E-state index in [0.29, 0.717) is 26.3 Å². The Hall–Kier alpha value is -1.59. The van der Waals surface area contributed by atoms with E-state index >= 15 is 0 Å².